The summed E-state index contributed by atoms with van der Waals surface area (Å²) >= 11 is 0. The van der Waals surface area contributed by atoms with Crippen LogP contribution in [0.5, 0.6) is 0 Å². The molecular weight excluding hydrogens is 400 g/mol. The van der Waals surface area contributed by atoms with E-state index < -0.39 is 32.0 Å². The van der Waals surface area contributed by atoms with Crippen LogP contribution in [0.15, 0.2) is 41.3 Å². The minimum Gasteiger partial charge on any atom is -0.390 e. The number of aliphatic hydroxyl groups excluding tert-OH is 1. The highest BCUT2D eigenvalue weighted by atomic mass is 32.2. The number of aliphatic hydroxyl groups is 1. The second-order valence-corrected chi connectivity index (χ2v) is 11.1. The number of rotatable bonds is 5. The van der Waals surface area contributed by atoms with Crippen LogP contribution in [0.2, 0.25) is 0 Å². The lowest BCUT2D eigenvalue weighted by atomic mass is 10.1. The molecule has 0 aliphatic carbocycles. The van der Waals surface area contributed by atoms with Crippen molar-refractivity contribution in [2.45, 2.75) is 37.8 Å². The molecule has 28 heavy (non-hydrogen) atoms. The molecule has 1 saturated heterocycles. The van der Waals surface area contributed by atoms with Crippen LogP contribution in [0, 0.1) is 20.8 Å². The minimum absolute atomic E-state index is 0.130. The molecule has 2 atom stereocenters. The van der Waals surface area contributed by atoms with Crippen molar-refractivity contribution < 1.29 is 21.9 Å². The Labute approximate surface area is 165 Å². The van der Waals surface area contributed by atoms with Crippen molar-refractivity contribution in [3.8, 4) is 0 Å². The molecular formula is C19H24N2O5S2. The van der Waals surface area contributed by atoms with Crippen LogP contribution >= 0.6 is 0 Å². The van der Waals surface area contributed by atoms with E-state index in [1.54, 1.807) is 37.3 Å². The van der Waals surface area contributed by atoms with Gasteiger partial charge in [-0.25, -0.2) is 16.8 Å². The number of sulfonamides is 1. The predicted octanol–water partition coefficient (Wildman–Crippen LogP) is 1.98. The lowest BCUT2D eigenvalue weighted by molar-refractivity contribution is 0.190. The molecule has 3 N–H and O–H groups in total. The number of benzene rings is 2. The Balaban J connectivity index is 1.75. The van der Waals surface area contributed by atoms with E-state index in [0.717, 1.165) is 11.1 Å². The molecule has 9 heteroatoms. The lowest BCUT2D eigenvalue weighted by Gasteiger charge is -2.17. The number of anilines is 2. The van der Waals surface area contributed by atoms with E-state index in [-0.39, 0.29) is 16.4 Å². The Morgan fingerprint density at radius 3 is 2.07 bits per heavy atom. The zero-order valence-corrected chi connectivity index (χ0v) is 17.6. The summed E-state index contributed by atoms with van der Waals surface area (Å²) in [5.41, 5.74) is 3.60. The lowest BCUT2D eigenvalue weighted by Crippen LogP contribution is -2.31. The molecule has 1 aliphatic heterocycles. The van der Waals surface area contributed by atoms with E-state index in [1.807, 2.05) is 19.9 Å². The van der Waals surface area contributed by atoms with Crippen molar-refractivity contribution in [3.63, 3.8) is 0 Å². The van der Waals surface area contributed by atoms with Gasteiger partial charge in [-0.05, 0) is 67.8 Å². The molecule has 152 valence electrons. The van der Waals surface area contributed by atoms with Gasteiger partial charge in [0.05, 0.1) is 28.5 Å². The Kier molecular flexibility index (Phi) is 5.44. The van der Waals surface area contributed by atoms with Crippen LogP contribution in [0.25, 0.3) is 0 Å². The average molecular weight is 425 g/mol. The number of aryl methyl sites for hydroxylation is 3. The molecule has 0 unspecified atom stereocenters. The third kappa shape index (κ3) is 4.48. The quantitative estimate of drug-likeness (QED) is 0.677. The van der Waals surface area contributed by atoms with E-state index in [0.29, 0.717) is 16.9 Å². The predicted molar refractivity (Wildman–Crippen MR) is 110 cm³/mol. The Morgan fingerprint density at radius 1 is 0.929 bits per heavy atom. The van der Waals surface area contributed by atoms with Gasteiger partial charge >= 0.3 is 0 Å². The fourth-order valence-electron chi connectivity index (χ4n) is 3.25. The van der Waals surface area contributed by atoms with Gasteiger partial charge in [-0.15, -0.1) is 0 Å². The summed E-state index contributed by atoms with van der Waals surface area (Å²) in [6.07, 6.45) is -0.962. The monoisotopic (exact) mass is 424 g/mol. The molecule has 0 radical (unpaired) electrons. The van der Waals surface area contributed by atoms with Gasteiger partial charge in [-0.3, -0.25) is 4.72 Å². The van der Waals surface area contributed by atoms with E-state index in [9.17, 15) is 21.9 Å². The Morgan fingerprint density at radius 2 is 1.50 bits per heavy atom. The van der Waals surface area contributed by atoms with Crippen molar-refractivity contribution >= 4 is 31.2 Å². The highest BCUT2D eigenvalue weighted by molar-refractivity contribution is 7.92. The molecule has 1 aliphatic rings. The summed E-state index contributed by atoms with van der Waals surface area (Å²) in [4.78, 5) is 0.233. The smallest absolute Gasteiger partial charge is 0.262 e. The largest absolute Gasteiger partial charge is 0.390 e. The number of hydrogen-bond donors (Lipinski definition) is 3. The van der Waals surface area contributed by atoms with Crippen molar-refractivity contribution in [2.24, 2.45) is 0 Å². The maximum Gasteiger partial charge on any atom is 0.262 e. The zero-order valence-electron chi connectivity index (χ0n) is 15.9. The molecule has 1 fully saturated rings. The van der Waals surface area contributed by atoms with Crippen molar-refractivity contribution in [2.75, 3.05) is 21.5 Å². The van der Waals surface area contributed by atoms with Crippen LogP contribution in [-0.2, 0) is 19.9 Å². The summed E-state index contributed by atoms with van der Waals surface area (Å²) < 4.78 is 51.2. The fraction of sp³-hybridized carbons (Fsp3) is 0.368. The van der Waals surface area contributed by atoms with Crippen LogP contribution in [0.4, 0.5) is 11.4 Å². The molecule has 2 aromatic carbocycles. The number of hydrogen-bond acceptors (Lipinski definition) is 6. The van der Waals surface area contributed by atoms with E-state index in [4.69, 9.17) is 0 Å². The molecule has 0 saturated carbocycles. The van der Waals surface area contributed by atoms with Crippen LogP contribution in [0.1, 0.15) is 16.7 Å². The molecule has 0 amide bonds. The normalized spacial score (nSPS) is 21.4. The SMILES string of the molecule is Cc1cc(C)c(S(=O)(=O)Nc2ccc(N[C@H]3CS(=O)(=O)C[C@H]3O)cc2)cc1C. The third-order valence-corrected chi connectivity index (χ3v) is 8.13. The van der Waals surface area contributed by atoms with Crippen molar-refractivity contribution in [1.29, 1.82) is 0 Å². The molecule has 0 spiro atoms. The van der Waals surface area contributed by atoms with Crippen LogP contribution in [0.3, 0.4) is 0 Å². The summed E-state index contributed by atoms with van der Waals surface area (Å²) in [5, 5.41) is 12.8. The van der Waals surface area contributed by atoms with Gasteiger partial charge in [0.2, 0.25) is 0 Å². The van der Waals surface area contributed by atoms with Crippen molar-refractivity contribution in [1.82, 2.24) is 0 Å². The summed E-state index contributed by atoms with van der Waals surface area (Å²) in [6.45, 7) is 5.56. The highest BCUT2D eigenvalue weighted by Crippen LogP contribution is 2.24. The van der Waals surface area contributed by atoms with Gasteiger partial charge in [-0.2, -0.15) is 0 Å². The second kappa shape index (κ2) is 7.38. The first-order chi connectivity index (χ1) is 13.0. The van der Waals surface area contributed by atoms with Crippen LogP contribution in [-0.4, -0.2) is 45.6 Å². The molecule has 2 aromatic rings. The van der Waals surface area contributed by atoms with Gasteiger partial charge in [0.25, 0.3) is 10.0 Å². The Hall–Kier alpha value is -2.10. The van der Waals surface area contributed by atoms with Gasteiger partial charge in [-0.1, -0.05) is 6.07 Å². The van der Waals surface area contributed by atoms with Crippen molar-refractivity contribution in [3.05, 3.63) is 53.1 Å². The van der Waals surface area contributed by atoms with E-state index in [1.165, 1.54) is 0 Å². The number of nitrogens with one attached hydrogen (secondary N) is 2. The van der Waals surface area contributed by atoms with Gasteiger partial charge in [0.15, 0.2) is 9.84 Å². The maximum atomic E-state index is 12.7. The second-order valence-electron chi connectivity index (χ2n) is 7.28. The first kappa shape index (κ1) is 20.6. The van der Waals surface area contributed by atoms with Gasteiger partial charge in [0.1, 0.15) is 0 Å². The fourth-order valence-corrected chi connectivity index (χ4v) is 6.36. The molecule has 1 heterocycles. The maximum absolute atomic E-state index is 12.7. The van der Waals surface area contributed by atoms with Crippen LogP contribution < -0.4 is 10.0 Å². The standard InChI is InChI=1S/C19H24N2O5S2/c1-12-8-14(3)19(9-13(12)2)28(25,26)21-16-6-4-15(5-7-16)20-17-10-27(23,24)11-18(17)22/h4-9,17-18,20-22H,10-11H2,1-3H3/t17-,18+/m0/s1. The number of sulfone groups is 1. The first-order valence-electron chi connectivity index (χ1n) is 8.83. The highest BCUT2D eigenvalue weighted by Gasteiger charge is 2.36. The van der Waals surface area contributed by atoms with E-state index in [2.05, 4.69) is 10.0 Å². The summed E-state index contributed by atoms with van der Waals surface area (Å²) in [7, 11) is -6.97. The van der Waals surface area contributed by atoms with E-state index >= 15 is 0 Å². The minimum atomic E-state index is -3.73. The molecule has 3 rings (SSSR count). The molecule has 0 bridgehead atoms. The summed E-state index contributed by atoms with van der Waals surface area (Å²) in [6, 6.07) is 9.39. The first-order valence-corrected chi connectivity index (χ1v) is 12.1. The average Bonchev–Trinajstić information content (AvgIpc) is 2.84. The third-order valence-electron chi connectivity index (χ3n) is 4.89. The topological polar surface area (TPSA) is 113 Å². The zero-order chi connectivity index (χ0) is 20.7. The summed E-state index contributed by atoms with van der Waals surface area (Å²) in [5.74, 6) is -0.382. The molecule has 7 nitrogen and oxygen atoms in total. The Bertz CT molecular complexity index is 1090. The molecule has 0 aromatic heterocycles. The van der Waals surface area contributed by atoms with Gasteiger partial charge < -0.3 is 10.4 Å². The van der Waals surface area contributed by atoms with Gasteiger partial charge in [0, 0.05) is 11.4 Å².